The van der Waals surface area contributed by atoms with Gasteiger partial charge >= 0.3 is 0 Å². The van der Waals surface area contributed by atoms with Crippen LogP contribution in [0, 0.1) is 40.4 Å². The van der Waals surface area contributed by atoms with Gasteiger partial charge in [-0.3, -0.25) is 4.79 Å². The lowest BCUT2D eigenvalue weighted by Gasteiger charge is -2.59. The van der Waals surface area contributed by atoms with Crippen molar-refractivity contribution in [3.63, 3.8) is 0 Å². The molecule has 3 saturated carbocycles. The Labute approximate surface area is 151 Å². The lowest BCUT2D eigenvalue weighted by atomic mass is 9.46. The highest BCUT2D eigenvalue weighted by atomic mass is 16.3. The zero-order chi connectivity index (χ0) is 18.0. The molecule has 138 valence electrons. The Kier molecular flexibility index (Phi) is 4.03. The molecule has 0 aromatic carbocycles. The second-order valence-corrected chi connectivity index (χ2v) is 9.84. The Bertz CT molecular complexity index is 623. The zero-order valence-corrected chi connectivity index (χ0v) is 15.8. The van der Waals surface area contributed by atoms with Crippen LogP contribution in [0.5, 0.6) is 0 Å². The molecule has 0 aromatic rings. The van der Waals surface area contributed by atoms with Crippen molar-refractivity contribution in [1.82, 2.24) is 0 Å². The molecule has 8 atom stereocenters. The van der Waals surface area contributed by atoms with Crippen molar-refractivity contribution in [3.8, 4) is 0 Å². The van der Waals surface area contributed by atoms with E-state index in [0.717, 1.165) is 38.4 Å². The number of fused-ring (bicyclic) bond motifs is 5. The van der Waals surface area contributed by atoms with Crippen LogP contribution < -0.4 is 0 Å². The van der Waals surface area contributed by atoms with Crippen LogP contribution in [0.1, 0.15) is 65.7 Å². The first kappa shape index (κ1) is 17.5. The quantitative estimate of drug-likeness (QED) is 0.772. The summed E-state index contributed by atoms with van der Waals surface area (Å²) in [7, 11) is 0. The molecular formula is C22H32O3. The van der Waals surface area contributed by atoms with Crippen LogP contribution in [0.4, 0.5) is 0 Å². The van der Waals surface area contributed by atoms with Crippen LogP contribution in [0.2, 0.25) is 0 Å². The Morgan fingerprint density at radius 1 is 1.20 bits per heavy atom. The number of rotatable bonds is 2. The summed E-state index contributed by atoms with van der Waals surface area (Å²) >= 11 is 0. The minimum Gasteiger partial charge on any atom is -0.392 e. The number of carbonyl (C=O) groups excluding carboxylic acids is 2. The average Bonchev–Trinajstić information content (AvgIpc) is 2.93. The molecule has 0 bridgehead atoms. The number of aliphatic hydroxyl groups excluding tert-OH is 1. The molecule has 0 aliphatic heterocycles. The third-order valence-corrected chi connectivity index (χ3v) is 8.91. The van der Waals surface area contributed by atoms with Gasteiger partial charge in [0.2, 0.25) is 0 Å². The molecule has 0 spiro atoms. The van der Waals surface area contributed by atoms with E-state index in [2.05, 4.69) is 20.8 Å². The molecule has 3 nitrogen and oxygen atoms in total. The summed E-state index contributed by atoms with van der Waals surface area (Å²) < 4.78 is 0. The van der Waals surface area contributed by atoms with Crippen molar-refractivity contribution in [2.24, 2.45) is 40.4 Å². The number of aliphatic hydroxyl groups is 1. The highest BCUT2D eigenvalue weighted by molar-refractivity contribution is 5.91. The first-order valence-electron chi connectivity index (χ1n) is 10.2. The second-order valence-electron chi connectivity index (χ2n) is 9.84. The van der Waals surface area contributed by atoms with Gasteiger partial charge in [0.05, 0.1) is 6.10 Å². The van der Waals surface area contributed by atoms with Gasteiger partial charge in [-0.05, 0) is 79.1 Å². The zero-order valence-electron chi connectivity index (χ0n) is 15.8. The molecule has 1 unspecified atom stereocenters. The van der Waals surface area contributed by atoms with Gasteiger partial charge in [-0.1, -0.05) is 26.3 Å². The second kappa shape index (κ2) is 5.77. The summed E-state index contributed by atoms with van der Waals surface area (Å²) in [6, 6.07) is 0. The summed E-state index contributed by atoms with van der Waals surface area (Å²) in [5.74, 6) is 2.15. The van der Waals surface area contributed by atoms with Gasteiger partial charge in [0.25, 0.3) is 0 Å². The van der Waals surface area contributed by atoms with Crippen LogP contribution in [0.3, 0.4) is 0 Å². The van der Waals surface area contributed by atoms with E-state index < -0.39 is 0 Å². The minimum absolute atomic E-state index is 0.0908. The van der Waals surface area contributed by atoms with Crippen molar-refractivity contribution >= 4 is 12.1 Å². The van der Waals surface area contributed by atoms with E-state index >= 15 is 0 Å². The number of hydrogen-bond donors (Lipinski definition) is 1. The van der Waals surface area contributed by atoms with Gasteiger partial charge in [0.15, 0.2) is 5.78 Å². The van der Waals surface area contributed by atoms with E-state index in [4.69, 9.17) is 0 Å². The molecule has 0 radical (unpaired) electrons. The van der Waals surface area contributed by atoms with Crippen molar-refractivity contribution < 1.29 is 14.7 Å². The van der Waals surface area contributed by atoms with Crippen molar-refractivity contribution in [2.75, 3.05) is 0 Å². The fraction of sp³-hybridized carbons (Fsp3) is 0.818. The lowest BCUT2D eigenvalue weighted by Crippen LogP contribution is -2.55. The number of carbonyl (C=O) groups is 2. The molecule has 0 heterocycles. The average molecular weight is 344 g/mol. The highest BCUT2D eigenvalue weighted by Crippen LogP contribution is 2.67. The topological polar surface area (TPSA) is 54.4 Å². The molecule has 1 N–H and O–H groups in total. The first-order chi connectivity index (χ1) is 11.8. The lowest BCUT2D eigenvalue weighted by molar-refractivity contribution is -0.126. The normalized spacial score (nSPS) is 50.3. The smallest absolute Gasteiger partial charge is 0.155 e. The van der Waals surface area contributed by atoms with Crippen molar-refractivity contribution in [3.05, 3.63) is 11.6 Å². The Balaban J connectivity index is 1.69. The molecule has 4 aliphatic carbocycles. The van der Waals surface area contributed by atoms with Crippen LogP contribution >= 0.6 is 0 Å². The van der Waals surface area contributed by atoms with Gasteiger partial charge in [0.1, 0.15) is 6.29 Å². The maximum Gasteiger partial charge on any atom is 0.155 e. The summed E-state index contributed by atoms with van der Waals surface area (Å²) in [6.07, 6.45) is 9.48. The van der Waals surface area contributed by atoms with Crippen LogP contribution in [0.25, 0.3) is 0 Å². The van der Waals surface area contributed by atoms with Crippen LogP contribution in [-0.2, 0) is 9.59 Å². The third kappa shape index (κ3) is 2.34. The van der Waals surface area contributed by atoms with Crippen LogP contribution in [0.15, 0.2) is 11.6 Å². The number of aldehydes is 1. The fourth-order valence-electron chi connectivity index (χ4n) is 7.53. The Hall–Kier alpha value is -0.960. The SMILES string of the molecule is C[C@H](C=O)[C@H]1CC[C@H]2[C@@H]3C(O)CC4=CC(=O)CC[C@]4(C)[C@H]3CC[C@]12C. The molecule has 4 aliphatic rings. The molecule has 3 fully saturated rings. The standard InChI is InChI=1S/C22H32O3/c1-13(12-23)16-4-5-17-20-18(7-9-22(16,17)3)21(2)8-6-15(24)10-14(21)11-19(20)25/h10,12-13,16-20,25H,4-9,11H2,1-3H3/t13-,16-,17+,18+,19?,20+,21+,22-/m1/s1. The predicted octanol–water partition coefficient (Wildman–Crippen LogP) is 3.94. The molecular weight excluding hydrogens is 312 g/mol. The number of ketones is 1. The predicted molar refractivity (Wildman–Crippen MR) is 96.8 cm³/mol. The monoisotopic (exact) mass is 344 g/mol. The van der Waals surface area contributed by atoms with Crippen molar-refractivity contribution in [1.29, 1.82) is 0 Å². The molecule has 0 amide bonds. The molecule has 4 rings (SSSR count). The molecule has 3 heteroatoms. The van der Waals surface area contributed by atoms with Gasteiger partial charge in [0, 0.05) is 12.3 Å². The van der Waals surface area contributed by atoms with Gasteiger partial charge in [-0.25, -0.2) is 0 Å². The van der Waals surface area contributed by atoms with Gasteiger partial charge in [-0.15, -0.1) is 0 Å². The van der Waals surface area contributed by atoms with Crippen LogP contribution in [-0.4, -0.2) is 23.3 Å². The minimum atomic E-state index is -0.329. The maximum absolute atomic E-state index is 11.9. The van der Waals surface area contributed by atoms with E-state index in [1.165, 1.54) is 5.57 Å². The summed E-state index contributed by atoms with van der Waals surface area (Å²) in [4.78, 5) is 23.4. The number of hydrogen-bond acceptors (Lipinski definition) is 3. The Morgan fingerprint density at radius 2 is 1.96 bits per heavy atom. The van der Waals surface area contributed by atoms with Gasteiger partial charge in [-0.2, -0.15) is 0 Å². The first-order valence-corrected chi connectivity index (χ1v) is 10.2. The van der Waals surface area contributed by atoms with E-state index in [1.54, 1.807) is 0 Å². The summed E-state index contributed by atoms with van der Waals surface area (Å²) in [5.41, 5.74) is 1.48. The van der Waals surface area contributed by atoms with Gasteiger partial charge < -0.3 is 9.90 Å². The fourth-order valence-corrected chi connectivity index (χ4v) is 7.53. The summed E-state index contributed by atoms with van der Waals surface area (Å²) in [5, 5.41) is 11.1. The maximum atomic E-state index is 11.9. The molecule has 25 heavy (non-hydrogen) atoms. The molecule has 0 aromatic heterocycles. The van der Waals surface area contributed by atoms with E-state index in [-0.39, 0.29) is 28.6 Å². The molecule has 0 saturated heterocycles. The Morgan fingerprint density at radius 3 is 2.68 bits per heavy atom. The summed E-state index contributed by atoms with van der Waals surface area (Å²) in [6.45, 7) is 6.80. The van der Waals surface area contributed by atoms with E-state index in [0.29, 0.717) is 36.5 Å². The highest BCUT2D eigenvalue weighted by Gasteiger charge is 2.61. The van der Waals surface area contributed by atoms with E-state index in [1.807, 2.05) is 6.08 Å². The van der Waals surface area contributed by atoms with E-state index in [9.17, 15) is 14.7 Å². The largest absolute Gasteiger partial charge is 0.392 e. The third-order valence-electron chi connectivity index (χ3n) is 8.91. The van der Waals surface area contributed by atoms with Crippen molar-refractivity contribution in [2.45, 2.75) is 71.8 Å².